The Labute approximate surface area is 179 Å². The van der Waals surface area contributed by atoms with Gasteiger partial charge in [0, 0.05) is 0 Å². The molecule has 0 amide bonds. The number of fused-ring (bicyclic) bond motifs is 3. The van der Waals surface area contributed by atoms with Crippen LogP contribution >= 0.6 is 0 Å². The SMILES string of the molecule is CCCCCCC1CCc2c(ccc3c2CCC(c2cc(F)c(C#N)cc2F)C3)C1. The molecule has 0 heterocycles. The van der Waals surface area contributed by atoms with E-state index in [0.29, 0.717) is 5.56 Å². The van der Waals surface area contributed by atoms with Crippen molar-refractivity contribution in [1.29, 1.82) is 5.26 Å². The van der Waals surface area contributed by atoms with E-state index < -0.39 is 11.6 Å². The van der Waals surface area contributed by atoms with Gasteiger partial charge in [0.2, 0.25) is 0 Å². The predicted octanol–water partition coefficient (Wildman–Crippen LogP) is 7.18. The summed E-state index contributed by atoms with van der Waals surface area (Å²) in [5, 5.41) is 8.92. The molecule has 0 radical (unpaired) electrons. The van der Waals surface area contributed by atoms with Gasteiger partial charge in [-0.05, 0) is 90.3 Å². The molecule has 0 saturated carbocycles. The molecule has 0 bridgehead atoms. The van der Waals surface area contributed by atoms with Gasteiger partial charge in [-0.25, -0.2) is 8.78 Å². The third-order valence-electron chi connectivity index (χ3n) is 7.26. The van der Waals surface area contributed by atoms with Crippen LogP contribution in [-0.4, -0.2) is 0 Å². The standard InChI is InChI=1S/C27H31F2N/c1-2-3-4-5-6-18-7-11-23-19(13-18)8-9-20-14-21(10-12-24(20)23)25-16-26(28)22(17-30)15-27(25)29/h8-9,15-16,18,21H,2-7,10-14H2,1H3. The number of rotatable bonds is 6. The van der Waals surface area contributed by atoms with Crippen molar-refractivity contribution in [2.45, 2.75) is 83.5 Å². The first-order valence-electron chi connectivity index (χ1n) is 11.6. The van der Waals surface area contributed by atoms with E-state index in [1.807, 2.05) is 0 Å². The van der Waals surface area contributed by atoms with E-state index in [9.17, 15) is 8.78 Å². The maximum Gasteiger partial charge on any atom is 0.141 e. The Morgan fingerprint density at radius 1 is 0.933 bits per heavy atom. The van der Waals surface area contributed by atoms with Crippen LogP contribution in [0, 0.1) is 28.9 Å². The first-order valence-corrected chi connectivity index (χ1v) is 11.6. The summed E-state index contributed by atoms with van der Waals surface area (Å²) in [6, 6.07) is 8.54. The molecule has 2 aliphatic rings. The Balaban J connectivity index is 1.48. The zero-order chi connectivity index (χ0) is 21.1. The lowest BCUT2D eigenvalue weighted by Gasteiger charge is -2.32. The van der Waals surface area contributed by atoms with E-state index in [1.54, 1.807) is 11.6 Å². The maximum absolute atomic E-state index is 14.5. The molecule has 2 aliphatic carbocycles. The number of benzene rings is 2. The van der Waals surface area contributed by atoms with Crippen LogP contribution in [-0.2, 0) is 25.7 Å². The second kappa shape index (κ2) is 9.29. The molecular formula is C27H31F2N. The van der Waals surface area contributed by atoms with Crippen LogP contribution in [0.15, 0.2) is 24.3 Å². The first kappa shape index (κ1) is 21.0. The van der Waals surface area contributed by atoms with Crippen LogP contribution in [0.3, 0.4) is 0 Å². The van der Waals surface area contributed by atoms with E-state index in [4.69, 9.17) is 5.26 Å². The van der Waals surface area contributed by atoms with Crippen LogP contribution < -0.4 is 0 Å². The van der Waals surface area contributed by atoms with Gasteiger partial charge in [-0.2, -0.15) is 5.26 Å². The number of hydrogen-bond acceptors (Lipinski definition) is 1. The smallest absolute Gasteiger partial charge is 0.141 e. The molecule has 0 fully saturated rings. The molecular weight excluding hydrogens is 376 g/mol. The molecule has 1 nitrogen and oxygen atoms in total. The third-order valence-corrected chi connectivity index (χ3v) is 7.26. The van der Waals surface area contributed by atoms with E-state index >= 15 is 0 Å². The molecule has 2 atom stereocenters. The van der Waals surface area contributed by atoms with Gasteiger partial charge in [0.25, 0.3) is 0 Å². The Hall–Kier alpha value is -2.21. The topological polar surface area (TPSA) is 23.8 Å². The fraction of sp³-hybridized carbons (Fsp3) is 0.519. The van der Waals surface area contributed by atoms with Crippen molar-refractivity contribution in [1.82, 2.24) is 0 Å². The highest BCUT2D eigenvalue weighted by atomic mass is 19.1. The van der Waals surface area contributed by atoms with Gasteiger partial charge in [0.05, 0.1) is 5.56 Å². The third kappa shape index (κ3) is 4.29. The molecule has 0 spiro atoms. The Morgan fingerprint density at radius 2 is 1.67 bits per heavy atom. The number of halogens is 2. The quantitative estimate of drug-likeness (QED) is 0.465. The van der Waals surface area contributed by atoms with E-state index in [1.165, 1.54) is 74.1 Å². The average Bonchev–Trinajstić information content (AvgIpc) is 2.77. The van der Waals surface area contributed by atoms with Crippen LogP contribution in [0.5, 0.6) is 0 Å². The highest BCUT2D eigenvalue weighted by Gasteiger charge is 2.28. The number of hydrogen-bond donors (Lipinski definition) is 0. The van der Waals surface area contributed by atoms with Crippen molar-refractivity contribution in [2.75, 3.05) is 0 Å². The molecule has 0 N–H and O–H groups in total. The zero-order valence-corrected chi connectivity index (χ0v) is 17.9. The highest BCUT2D eigenvalue weighted by molar-refractivity contribution is 5.46. The highest BCUT2D eigenvalue weighted by Crippen LogP contribution is 2.40. The second-order valence-electron chi connectivity index (χ2n) is 9.20. The summed E-state index contributed by atoms with van der Waals surface area (Å²) in [5.41, 5.74) is 6.04. The molecule has 2 aromatic carbocycles. The van der Waals surface area contributed by atoms with Crippen LogP contribution in [0.4, 0.5) is 8.78 Å². The molecule has 158 valence electrons. The summed E-state index contributed by atoms with van der Waals surface area (Å²) in [7, 11) is 0. The molecule has 0 aliphatic heterocycles. The van der Waals surface area contributed by atoms with E-state index in [-0.39, 0.29) is 11.5 Å². The Kier molecular flexibility index (Phi) is 6.52. The lowest BCUT2D eigenvalue weighted by Crippen LogP contribution is -2.21. The van der Waals surface area contributed by atoms with Gasteiger partial charge in [-0.1, -0.05) is 51.2 Å². The lowest BCUT2D eigenvalue weighted by molar-refractivity contribution is 0.403. The van der Waals surface area contributed by atoms with Crippen LogP contribution in [0.2, 0.25) is 0 Å². The summed E-state index contributed by atoms with van der Waals surface area (Å²) < 4.78 is 28.6. The normalized spacial score (nSPS) is 20.3. The molecule has 4 rings (SSSR count). The fourth-order valence-electron chi connectivity index (χ4n) is 5.58. The fourth-order valence-corrected chi connectivity index (χ4v) is 5.58. The molecule has 3 heteroatoms. The molecule has 2 unspecified atom stereocenters. The van der Waals surface area contributed by atoms with Crippen LogP contribution in [0.25, 0.3) is 0 Å². The molecule has 2 aromatic rings. The van der Waals surface area contributed by atoms with Gasteiger partial charge in [-0.3, -0.25) is 0 Å². The Morgan fingerprint density at radius 3 is 2.40 bits per heavy atom. The molecule has 0 aromatic heterocycles. The maximum atomic E-state index is 14.5. The largest absolute Gasteiger partial charge is 0.207 e. The molecule has 30 heavy (non-hydrogen) atoms. The lowest BCUT2D eigenvalue weighted by atomic mass is 9.73. The summed E-state index contributed by atoms with van der Waals surface area (Å²) in [4.78, 5) is 0. The van der Waals surface area contributed by atoms with Crippen molar-refractivity contribution in [2.24, 2.45) is 5.92 Å². The van der Waals surface area contributed by atoms with Crippen molar-refractivity contribution < 1.29 is 8.78 Å². The first-order chi connectivity index (χ1) is 14.6. The van der Waals surface area contributed by atoms with Crippen molar-refractivity contribution in [3.05, 3.63) is 69.3 Å². The minimum atomic E-state index is -0.616. The summed E-state index contributed by atoms with van der Waals surface area (Å²) >= 11 is 0. The van der Waals surface area contributed by atoms with Gasteiger partial charge in [-0.15, -0.1) is 0 Å². The van der Waals surface area contributed by atoms with Crippen LogP contribution in [0.1, 0.15) is 91.2 Å². The van der Waals surface area contributed by atoms with Gasteiger partial charge < -0.3 is 0 Å². The van der Waals surface area contributed by atoms with Gasteiger partial charge >= 0.3 is 0 Å². The minimum Gasteiger partial charge on any atom is -0.207 e. The second-order valence-corrected chi connectivity index (χ2v) is 9.20. The van der Waals surface area contributed by atoms with E-state index in [2.05, 4.69) is 19.1 Å². The Bertz CT molecular complexity index is 956. The zero-order valence-electron chi connectivity index (χ0n) is 17.9. The molecule has 0 saturated heterocycles. The monoisotopic (exact) mass is 407 g/mol. The summed E-state index contributed by atoms with van der Waals surface area (Å²) in [6.45, 7) is 2.26. The number of nitrogens with zero attached hydrogens (tertiary/aromatic N) is 1. The summed E-state index contributed by atoms with van der Waals surface area (Å²) in [5.74, 6) is -0.271. The number of unbranched alkanes of at least 4 members (excludes halogenated alkanes) is 3. The summed E-state index contributed by atoms with van der Waals surface area (Å²) in [6.07, 6.45) is 12.9. The van der Waals surface area contributed by atoms with E-state index in [0.717, 1.165) is 31.2 Å². The van der Waals surface area contributed by atoms with Crippen molar-refractivity contribution >= 4 is 0 Å². The number of nitriles is 1. The predicted molar refractivity (Wildman–Crippen MR) is 117 cm³/mol. The minimum absolute atomic E-state index is 0.0207. The van der Waals surface area contributed by atoms with Gasteiger partial charge in [0.1, 0.15) is 17.7 Å². The van der Waals surface area contributed by atoms with Gasteiger partial charge in [0.15, 0.2) is 0 Å². The van der Waals surface area contributed by atoms with Crippen molar-refractivity contribution in [3.8, 4) is 6.07 Å². The average molecular weight is 408 g/mol. The van der Waals surface area contributed by atoms with Crippen molar-refractivity contribution in [3.63, 3.8) is 0 Å².